The molecule has 3 aromatic rings. The van der Waals surface area contributed by atoms with Gasteiger partial charge < -0.3 is 14.4 Å². The fourth-order valence-electron chi connectivity index (χ4n) is 6.14. The number of rotatable bonds is 5. The first-order valence-electron chi connectivity index (χ1n) is 12.9. The minimum absolute atomic E-state index is 0.0260. The van der Waals surface area contributed by atoms with Crippen molar-refractivity contribution in [2.24, 2.45) is 0 Å². The highest BCUT2D eigenvalue weighted by Gasteiger charge is 2.54. The molecule has 14 heteroatoms. The van der Waals surface area contributed by atoms with E-state index in [-0.39, 0.29) is 41.3 Å². The third-order valence-electron chi connectivity index (χ3n) is 8.39. The summed E-state index contributed by atoms with van der Waals surface area (Å²) in [6, 6.07) is 5.15. The maximum Gasteiger partial charge on any atom is 0.418 e. The Hall–Kier alpha value is -2.69. The van der Waals surface area contributed by atoms with Crippen molar-refractivity contribution in [3.8, 4) is 18.1 Å². The number of hydrogen-bond acceptors (Lipinski definition) is 6. The van der Waals surface area contributed by atoms with Crippen LogP contribution >= 0.6 is 23.2 Å². The van der Waals surface area contributed by atoms with Crippen LogP contribution < -0.4 is 9.46 Å². The minimum atomic E-state index is -4.66. The molecule has 0 radical (unpaired) electrons. The molecule has 1 saturated heterocycles. The number of anilines is 1. The summed E-state index contributed by atoms with van der Waals surface area (Å²) in [6.07, 6.45) is 2.87. The summed E-state index contributed by atoms with van der Waals surface area (Å²) in [6.45, 7) is 1.33. The Morgan fingerprint density at radius 2 is 1.90 bits per heavy atom. The number of ether oxygens (including phenoxy) is 1. The van der Waals surface area contributed by atoms with E-state index in [1.54, 1.807) is 6.07 Å². The number of piperidine rings is 1. The van der Waals surface area contributed by atoms with Gasteiger partial charge in [0.05, 0.1) is 33.6 Å². The Morgan fingerprint density at radius 3 is 2.56 bits per heavy atom. The molecule has 1 spiro atoms. The lowest BCUT2D eigenvalue weighted by Crippen LogP contribution is -2.47. The van der Waals surface area contributed by atoms with E-state index >= 15 is 0 Å². The molecule has 3 heterocycles. The Kier molecular flexibility index (Phi) is 6.71. The SMILES string of the molecule is C#CC1(O)CC(n2cnc3cc(OCCN4CCC5(CC4)c4cc(Cl)cc(Cl)c4NS5(=O)=O)cc(C(F)(F)F)c32)C1. The fraction of sp³-hybridized carbons (Fsp3) is 0.444. The molecule has 0 amide bonds. The number of aliphatic hydroxyl groups is 1. The van der Waals surface area contributed by atoms with Crippen LogP contribution in [0, 0.1) is 12.3 Å². The zero-order valence-corrected chi connectivity index (χ0v) is 23.8. The number of fused-ring (bicyclic) bond motifs is 3. The normalized spacial score (nSPS) is 25.0. The van der Waals surface area contributed by atoms with E-state index in [0.717, 1.165) is 6.07 Å². The highest BCUT2D eigenvalue weighted by Crippen LogP contribution is 2.52. The molecule has 2 aliphatic heterocycles. The van der Waals surface area contributed by atoms with Gasteiger partial charge in [-0.15, -0.1) is 6.42 Å². The number of nitrogens with zero attached hydrogens (tertiary/aromatic N) is 3. The summed E-state index contributed by atoms with van der Waals surface area (Å²) in [5.74, 6) is 2.31. The highest BCUT2D eigenvalue weighted by atomic mass is 35.5. The molecule has 1 saturated carbocycles. The lowest BCUT2D eigenvalue weighted by atomic mass is 9.76. The number of alkyl halides is 3. The maximum absolute atomic E-state index is 14.1. The number of benzene rings is 2. The summed E-state index contributed by atoms with van der Waals surface area (Å²) in [7, 11) is -3.73. The van der Waals surface area contributed by atoms with Crippen molar-refractivity contribution in [2.75, 3.05) is 31.0 Å². The number of sulfonamides is 1. The average Bonchev–Trinajstić information content (AvgIpc) is 3.39. The lowest BCUT2D eigenvalue weighted by molar-refractivity contribution is -0.136. The summed E-state index contributed by atoms with van der Waals surface area (Å²) < 4.78 is 77.1. The number of hydrogen-bond donors (Lipinski definition) is 2. The van der Waals surface area contributed by atoms with Crippen molar-refractivity contribution in [1.82, 2.24) is 14.5 Å². The van der Waals surface area contributed by atoms with Crippen LogP contribution in [0.3, 0.4) is 0 Å². The molecule has 1 aromatic heterocycles. The smallest absolute Gasteiger partial charge is 0.418 e. The number of aromatic nitrogens is 2. The summed E-state index contributed by atoms with van der Waals surface area (Å²) >= 11 is 12.4. The first-order chi connectivity index (χ1) is 19.3. The van der Waals surface area contributed by atoms with Gasteiger partial charge in [0.2, 0.25) is 10.0 Å². The Morgan fingerprint density at radius 1 is 1.20 bits per heavy atom. The second-order valence-electron chi connectivity index (χ2n) is 10.8. The van der Waals surface area contributed by atoms with E-state index in [0.29, 0.717) is 48.7 Å². The standard InChI is InChI=1S/C27H25Cl2F3N4O4S/c1-2-25(37)13-17(14-25)36-15-33-22-12-18(11-20(24(22)36)27(30,31)32)40-8-7-35-5-3-26(4-6-35)19-9-16(28)10-21(29)23(19)34-41(26,38)39/h1,9-12,15,17,34,37H,3-8,13-14H2. The molecule has 0 unspecified atom stereocenters. The van der Waals surface area contributed by atoms with Crippen molar-refractivity contribution >= 4 is 49.9 Å². The number of halogens is 5. The zero-order valence-electron chi connectivity index (χ0n) is 21.5. The largest absolute Gasteiger partial charge is 0.492 e. The molecule has 218 valence electrons. The Labute approximate surface area is 244 Å². The molecule has 2 aromatic carbocycles. The first-order valence-corrected chi connectivity index (χ1v) is 15.1. The van der Waals surface area contributed by atoms with Crippen molar-refractivity contribution in [3.63, 3.8) is 0 Å². The van der Waals surface area contributed by atoms with Crippen LogP contribution in [0.1, 0.15) is 42.9 Å². The van der Waals surface area contributed by atoms with Crippen LogP contribution in [0.5, 0.6) is 5.75 Å². The molecule has 2 fully saturated rings. The number of nitrogens with one attached hydrogen (secondary N) is 1. The molecule has 0 bridgehead atoms. The molecular formula is C27H25Cl2F3N4O4S. The topological polar surface area (TPSA) is 96.7 Å². The van der Waals surface area contributed by atoms with Crippen LogP contribution in [-0.2, 0) is 20.9 Å². The van der Waals surface area contributed by atoms with Gasteiger partial charge in [-0.1, -0.05) is 29.1 Å². The zero-order chi connectivity index (χ0) is 29.4. The van der Waals surface area contributed by atoms with Crippen LogP contribution in [0.2, 0.25) is 10.0 Å². The molecule has 1 aliphatic carbocycles. The average molecular weight is 629 g/mol. The molecule has 6 rings (SSSR count). The van der Waals surface area contributed by atoms with Crippen molar-refractivity contribution in [3.05, 3.63) is 51.8 Å². The van der Waals surface area contributed by atoms with Gasteiger partial charge >= 0.3 is 6.18 Å². The van der Waals surface area contributed by atoms with Gasteiger partial charge in [-0.2, -0.15) is 13.2 Å². The quantitative estimate of drug-likeness (QED) is 0.378. The second-order valence-corrected chi connectivity index (χ2v) is 13.7. The molecule has 8 nitrogen and oxygen atoms in total. The number of terminal acetylenes is 1. The number of likely N-dealkylation sites (tertiary alicyclic amines) is 1. The van der Waals surface area contributed by atoms with Crippen LogP contribution in [-0.4, -0.2) is 59.8 Å². The summed E-state index contributed by atoms with van der Waals surface area (Å²) in [4.78, 5) is 6.18. The van der Waals surface area contributed by atoms with Crippen LogP contribution in [0.15, 0.2) is 30.6 Å². The Balaban J connectivity index is 1.14. The van der Waals surface area contributed by atoms with Gasteiger partial charge in [-0.25, -0.2) is 13.4 Å². The van der Waals surface area contributed by atoms with Gasteiger partial charge in [-0.3, -0.25) is 9.62 Å². The predicted octanol–water partition coefficient (Wildman–Crippen LogP) is 5.19. The number of imidazole rings is 1. The van der Waals surface area contributed by atoms with Crippen molar-refractivity contribution < 1.29 is 31.4 Å². The summed E-state index contributed by atoms with van der Waals surface area (Å²) in [5.41, 5.74) is -1.24. The molecular weight excluding hydrogens is 604 g/mol. The van der Waals surface area contributed by atoms with Gasteiger partial charge in [0.15, 0.2) is 0 Å². The maximum atomic E-state index is 14.1. The predicted molar refractivity (Wildman–Crippen MR) is 149 cm³/mol. The lowest BCUT2D eigenvalue weighted by Gasteiger charge is -2.40. The first kappa shape index (κ1) is 28.4. The minimum Gasteiger partial charge on any atom is -0.492 e. The van der Waals surface area contributed by atoms with E-state index in [1.807, 2.05) is 4.90 Å². The van der Waals surface area contributed by atoms with E-state index in [4.69, 9.17) is 34.4 Å². The molecule has 3 aliphatic rings. The van der Waals surface area contributed by atoms with Crippen molar-refractivity contribution in [2.45, 2.75) is 48.2 Å². The van der Waals surface area contributed by atoms with Gasteiger partial charge in [0, 0.05) is 55.2 Å². The third-order valence-corrected chi connectivity index (χ3v) is 11.0. The molecule has 0 atom stereocenters. The summed E-state index contributed by atoms with van der Waals surface area (Å²) in [5, 5.41) is 10.7. The monoisotopic (exact) mass is 628 g/mol. The highest BCUT2D eigenvalue weighted by molar-refractivity contribution is 7.94. The second kappa shape index (κ2) is 9.67. The van der Waals surface area contributed by atoms with Crippen LogP contribution in [0.4, 0.5) is 18.9 Å². The van der Waals surface area contributed by atoms with E-state index < -0.39 is 38.2 Å². The van der Waals surface area contributed by atoms with Gasteiger partial charge in [-0.05, 0) is 31.0 Å². The third kappa shape index (κ3) is 4.72. The Bertz CT molecular complexity index is 1690. The molecule has 2 N–H and O–H groups in total. The van der Waals surface area contributed by atoms with E-state index in [1.165, 1.54) is 23.0 Å². The fourth-order valence-corrected chi connectivity index (χ4v) is 8.59. The van der Waals surface area contributed by atoms with Crippen LogP contribution in [0.25, 0.3) is 11.0 Å². The van der Waals surface area contributed by atoms with E-state index in [2.05, 4.69) is 15.6 Å². The van der Waals surface area contributed by atoms with Gasteiger partial charge in [0.25, 0.3) is 0 Å². The van der Waals surface area contributed by atoms with Crippen molar-refractivity contribution in [1.29, 1.82) is 0 Å². The van der Waals surface area contributed by atoms with Gasteiger partial charge in [0.1, 0.15) is 22.7 Å². The van der Waals surface area contributed by atoms with E-state index in [9.17, 15) is 26.7 Å². The molecule has 41 heavy (non-hydrogen) atoms.